The second kappa shape index (κ2) is 14.3. The number of piperidine rings is 1. The third-order valence-electron chi connectivity index (χ3n) is 7.53. The highest BCUT2D eigenvalue weighted by Crippen LogP contribution is 2.34. The molecule has 1 fully saturated rings. The lowest BCUT2D eigenvalue weighted by atomic mass is 9.84. The Balaban J connectivity index is 1.48. The molecule has 0 saturated carbocycles. The molecule has 4 rings (SSSR count). The van der Waals surface area contributed by atoms with E-state index in [0.717, 1.165) is 48.5 Å². The van der Waals surface area contributed by atoms with Crippen LogP contribution in [0.25, 0.3) is 0 Å². The number of rotatable bonds is 12. The molecule has 0 bridgehead atoms. The minimum atomic E-state index is -0.772. The van der Waals surface area contributed by atoms with Gasteiger partial charge in [-0.2, -0.15) is 5.48 Å². The summed E-state index contributed by atoms with van der Waals surface area (Å²) in [5.41, 5.74) is 5.43. The number of para-hydroxylation sites is 1. The predicted molar refractivity (Wildman–Crippen MR) is 159 cm³/mol. The summed E-state index contributed by atoms with van der Waals surface area (Å²) in [6.45, 7) is 3.00. The van der Waals surface area contributed by atoms with Crippen molar-refractivity contribution < 1.29 is 14.7 Å². The molecule has 3 aromatic rings. The molecule has 0 aromatic heterocycles. The first-order valence-corrected chi connectivity index (χ1v) is 14.0. The van der Waals surface area contributed by atoms with Gasteiger partial charge in [-0.1, -0.05) is 77.8 Å². The van der Waals surface area contributed by atoms with Crippen LogP contribution in [-0.2, 0) is 17.0 Å². The van der Waals surface area contributed by atoms with Gasteiger partial charge in [0.2, 0.25) is 0 Å². The second-order valence-corrected chi connectivity index (χ2v) is 10.8. The van der Waals surface area contributed by atoms with Gasteiger partial charge in [-0.3, -0.25) is 4.99 Å². The van der Waals surface area contributed by atoms with Crippen LogP contribution in [0.2, 0.25) is 10.0 Å². The number of aliphatic hydroxyl groups is 1. The molecular formula is C31H37Cl2N3O3. The molecule has 1 saturated heterocycles. The van der Waals surface area contributed by atoms with E-state index in [1.54, 1.807) is 14.2 Å². The van der Waals surface area contributed by atoms with Crippen LogP contribution in [0.15, 0.2) is 77.8 Å². The van der Waals surface area contributed by atoms with Crippen LogP contribution >= 0.6 is 23.2 Å². The van der Waals surface area contributed by atoms with E-state index in [2.05, 4.69) is 10.4 Å². The van der Waals surface area contributed by atoms with Crippen molar-refractivity contribution in [3.63, 3.8) is 0 Å². The maximum absolute atomic E-state index is 11.3. The average molecular weight is 571 g/mol. The standard InChI is InChI=1S/C31H37Cl2N3O3/c1-38-30-11-7-6-8-24(30)21-34-22-29(35-39-2)26(23-12-13-27(32)28(33)20-23)14-17-36-18-15-31(37,16-19-36)25-9-4-3-5-10-25/h3-13,20,22,26,29,35,37H,14-19,21H2,1-2H3. The first-order chi connectivity index (χ1) is 18.9. The molecule has 1 heterocycles. The third-order valence-corrected chi connectivity index (χ3v) is 8.27. The largest absolute Gasteiger partial charge is 0.496 e. The molecule has 39 heavy (non-hydrogen) atoms. The third kappa shape index (κ3) is 7.82. The molecule has 3 aromatic carbocycles. The van der Waals surface area contributed by atoms with Crippen molar-refractivity contribution >= 4 is 29.4 Å². The van der Waals surface area contributed by atoms with Gasteiger partial charge < -0.3 is 19.6 Å². The Bertz CT molecular complexity index is 1220. The van der Waals surface area contributed by atoms with Gasteiger partial charge in [0.1, 0.15) is 5.75 Å². The average Bonchev–Trinajstić information content (AvgIpc) is 2.96. The zero-order valence-electron chi connectivity index (χ0n) is 22.5. The fourth-order valence-corrected chi connectivity index (χ4v) is 5.56. The van der Waals surface area contributed by atoms with E-state index in [0.29, 0.717) is 29.4 Å². The topological polar surface area (TPSA) is 66.3 Å². The summed E-state index contributed by atoms with van der Waals surface area (Å²) < 4.78 is 5.48. The van der Waals surface area contributed by atoms with E-state index in [1.807, 2.05) is 79.0 Å². The number of nitrogens with zero attached hydrogens (tertiary/aromatic N) is 2. The number of halogens is 2. The minimum Gasteiger partial charge on any atom is -0.496 e. The fourth-order valence-electron chi connectivity index (χ4n) is 5.25. The number of methoxy groups -OCH3 is 1. The van der Waals surface area contributed by atoms with Gasteiger partial charge in [-0.15, -0.1) is 0 Å². The fraction of sp³-hybridized carbons (Fsp3) is 0.387. The van der Waals surface area contributed by atoms with Gasteiger partial charge in [0.15, 0.2) is 0 Å². The quantitative estimate of drug-likeness (QED) is 0.199. The molecule has 2 atom stereocenters. The molecule has 0 amide bonds. The van der Waals surface area contributed by atoms with Gasteiger partial charge in [0.25, 0.3) is 0 Å². The Morgan fingerprint density at radius 1 is 1.00 bits per heavy atom. The van der Waals surface area contributed by atoms with E-state index in [4.69, 9.17) is 37.8 Å². The normalized spacial score (nSPS) is 17.3. The van der Waals surface area contributed by atoms with Crippen LogP contribution in [0.5, 0.6) is 5.75 Å². The molecular weight excluding hydrogens is 533 g/mol. The number of hydrogen-bond donors (Lipinski definition) is 2. The van der Waals surface area contributed by atoms with E-state index in [-0.39, 0.29) is 12.0 Å². The minimum absolute atomic E-state index is 0.0241. The number of hydroxylamine groups is 1. The SMILES string of the molecule is CONC(C=NCc1ccccc1OC)C(CCN1CCC(O)(c2ccccc2)CC1)c1ccc(Cl)c(Cl)c1. The van der Waals surface area contributed by atoms with Gasteiger partial charge in [-0.25, -0.2) is 0 Å². The Morgan fingerprint density at radius 2 is 1.72 bits per heavy atom. The lowest BCUT2D eigenvalue weighted by Gasteiger charge is -2.39. The number of likely N-dealkylation sites (tertiary alicyclic amines) is 1. The summed E-state index contributed by atoms with van der Waals surface area (Å²) in [7, 11) is 3.28. The van der Waals surface area contributed by atoms with Gasteiger partial charge >= 0.3 is 0 Å². The van der Waals surface area contributed by atoms with Gasteiger partial charge in [-0.05, 0) is 55.1 Å². The van der Waals surface area contributed by atoms with Crippen molar-refractivity contribution in [1.82, 2.24) is 10.4 Å². The summed E-state index contributed by atoms with van der Waals surface area (Å²) in [6.07, 6.45) is 4.15. The van der Waals surface area contributed by atoms with Crippen molar-refractivity contribution in [2.45, 2.75) is 43.4 Å². The molecule has 1 aliphatic rings. The van der Waals surface area contributed by atoms with Crippen molar-refractivity contribution in [2.24, 2.45) is 4.99 Å². The van der Waals surface area contributed by atoms with E-state index in [1.165, 1.54) is 0 Å². The molecule has 0 radical (unpaired) electrons. The van der Waals surface area contributed by atoms with Crippen LogP contribution in [0.4, 0.5) is 0 Å². The Morgan fingerprint density at radius 3 is 2.41 bits per heavy atom. The highest BCUT2D eigenvalue weighted by molar-refractivity contribution is 6.42. The number of ether oxygens (including phenoxy) is 1. The van der Waals surface area contributed by atoms with E-state index >= 15 is 0 Å². The summed E-state index contributed by atoms with van der Waals surface area (Å²) in [5, 5.41) is 12.3. The number of aliphatic imine (C=N–C) groups is 1. The summed E-state index contributed by atoms with van der Waals surface area (Å²) >= 11 is 12.7. The number of nitrogens with one attached hydrogen (secondary N) is 1. The molecule has 0 aliphatic carbocycles. The molecule has 8 heteroatoms. The Kier molecular flexibility index (Phi) is 10.8. The predicted octanol–water partition coefficient (Wildman–Crippen LogP) is 6.25. The zero-order chi connectivity index (χ0) is 27.7. The van der Waals surface area contributed by atoms with Crippen LogP contribution < -0.4 is 10.2 Å². The zero-order valence-corrected chi connectivity index (χ0v) is 24.0. The van der Waals surface area contributed by atoms with Gasteiger partial charge in [0, 0.05) is 30.8 Å². The van der Waals surface area contributed by atoms with Crippen LogP contribution in [0, 0.1) is 0 Å². The summed E-state index contributed by atoms with van der Waals surface area (Å²) in [4.78, 5) is 12.6. The van der Waals surface area contributed by atoms with Crippen molar-refractivity contribution in [1.29, 1.82) is 0 Å². The number of benzene rings is 3. The van der Waals surface area contributed by atoms with Crippen molar-refractivity contribution in [2.75, 3.05) is 33.9 Å². The van der Waals surface area contributed by atoms with Crippen LogP contribution in [0.1, 0.15) is 41.9 Å². The van der Waals surface area contributed by atoms with Crippen molar-refractivity contribution in [3.05, 3.63) is 99.5 Å². The van der Waals surface area contributed by atoms with E-state index < -0.39 is 5.60 Å². The summed E-state index contributed by atoms with van der Waals surface area (Å²) in [6, 6.07) is 23.4. The molecule has 6 nitrogen and oxygen atoms in total. The smallest absolute Gasteiger partial charge is 0.123 e. The highest BCUT2D eigenvalue weighted by atomic mass is 35.5. The lowest BCUT2D eigenvalue weighted by Crippen LogP contribution is -2.44. The number of hydrogen-bond acceptors (Lipinski definition) is 6. The first-order valence-electron chi connectivity index (χ1n) is 13.3. The van der Waals surface area contributed by atoms with E-state index in [9.17, 15) is 5.11 Å². The molecule has 1 aliphatic heterocycles. The maximum atomic E-state index is 11.3. The summed E-state index contributed by atoms with van der Waals surface area (Å²) in [5.74, 6) is 0.837. The monoisotopic (exact) mass is 569 g/mol. The molecule has 0 spiro atoms. The van der Waals surface area contributed by atoms with Gasteiger partial charge in [0.05, 0.1) is 42.5 Å². The second-order valence-electron chi connectivity index (χ2n) is 9.96. The Hall–Kier alpha value is -2.45. The highest BCUT2D eigenvalue weighted by Gasteiger charge is 2.34. The molecule has 208 valence electrons. The molecule has 2 N–H and O–H groups in total. The molecule has 2 unspecified atom stereocenters. The van der Waals surface area contributed by atoms with Crippen LogP contribution in [0.3, 0.4) is 0 Å². The first kappa shape index (κ1) is 29.5. The van der Waals surface area contributed by atoms with Crippen molar-refractivity contribution in [3.8, 4) is 5.75 Å². The maximum Gasteiger partial charge on any atom is 0.123 e. The van der Waals surface area contributed by atoms with Crippen LogP contribution in [-0.4, -0.2) is 56.1 Å². The Labute approximate surface area is 241 Å². The lowest BCUT2D eigenvalue weighted by molar-refractivity contribution is -0.0266.